The molecule has 1 aliphatic heterocycles. The number of rotatable bonds is 4. The summed E-state index contributed by atoms with van der Waals surface area (Å²) in [6.07, 6.45) is 5.67. The van der Waals surface area contributed by atoms with Crippen LogP contribution in [0.5, 0.6) is 0 Å². The highest BCUT2D eigenvalue weighted by Crippen LogP contribution is 2.31. The van der Waals surface area contributed by atoms with E-state index >= 15 is 0 Å². The minimum atomic E-state index is 0.368. The lowest BCUT2D eigenvalue weighted by Crippen LogP contribution is -2.37. The fourth-order valence-electron chi connectivity index (χ4n) is 3.86. The van der Waals surface area contributed by atoms with Crippen molar-refractivity contribution in [2.24, 2.45) is 0 Å². The maximum Gasteiger partial charge on any atom is 0.0520 e. The minimum Gasteiger partial charge on any atom is -0.360 e. The molecule has 0 fully saturated rings. The second kappa shape index (κ2) is 7.21. The molecule has 3 aromatic carbocycles. The zero-order valence-corrected chi connectivity index (χ0v) is 15.5. The quantitative estimate of drug-likeness (QED) is 0.568. The molecule has 1 atom stereocenters. The largest absolute Gasteiger partial charge is 0.360 e. The van der Waals surface area contributed by atoms with Gasteiger partial charge in [-0.05, 0) is 43.0 Å². The summed E-state index contributed by atoms with van der Waals surface area (Å²) in [5.41, 5.74) is 8.04. The van der Waals surface area contributed by atoms with E-state index in [1.807, 2.05) is 0 Å². The van der Waals surface area contributed by atoms with Crippen LogP contribution in [0.4, 0.5) is 5.69 Å². The van der Waals surface area contributed by atoms with E-state index in [0.29, 0.717) is 6.04 Å². The first-order valence-corrected chi connectivity index (χ1v) is 9.34. The molecule has 1 unspecified atom stereocenters. The van der Waals surface area contributed by atoms with Crippen LogP contribution in [0.3, 0.4) is 0 Å². The Hall–Kier alpha value is -2.80. The predicted octanol–water partition coefficient (Wildman–Crippen LogP) is 5.95. The maximum absolute atomic E-state index is 2.55. The van der Waals surface area contributed by atoms with Crippen LogP contribution in [0, 0.1) is 13.8 Å². The summed E-state index contributed by atoms with van der Waals surface area (Å²) in [6.45, 7) is 5.26. The van der Waals surface area contributed by atoms with Crippen molar-refractivity contribution in [2.45, 2.75) is 32.9 Å². The molecule has 0 bridgehead atoms. The molecule has 3 aromatic rings. The number of benzene rings is 3. The molecule has 0 amide bonds. The Labute approximate surface area is 156 Å². The molecule has 26 heavy (non-hydrogen) atoms. The Morgan fingerprint density at radius 1 is 0.769 bits per heavy atom. The van der Waals surface area contributed by atoms with E-state index in [1.165, 1.54) is 33.5 Å². The third-order valence-electron chi connectivity index (χ3n) is 5.11. The Balaban J connectivity index is 1.67. The highest BCUT2D eigenvalue weighted by molar-refractivity contribution is 5.72. The molecule has 4 rings (SSSR count). The van der Waals surface area contributed by atoms with Gasteiger partial charge >= 0.3 is 0 Å². The van der Waals surface area contributed by atoms with Crippen molar-refractivity contribution in [2.75, 3.05) is 4.90 Å². The van der Waals surface area contributed by atoms with Gasteiger partial charge in [0.15, 0.2) is 0 Å². The summed E-state index contributed by atoms with van der Waals surface area (Å²) in [7, 11) is 0. The molecule has 0 spiro atoms. The average molecular weight is 339 g/mol. The van der Waals surface area contributed by atoms with Crippen molar-refractivity contribution in [3.8, 4) is 0 Å². The molecule has 0 saturated heterocycles. The molecule has 1 heterocycles. The third kappa shape index (κ3) is 3.57. The van der Waals surface area contributed by atoms with Crippen LogP contribution in [-0.4, -0.2) is 6.04 Å². The van der Waals surface area contributed by atoms with E-state index in [9.17, 15) is 0 Å². The Kier molecular flexibility index (Phi) is 4.62. The van der Waals surface area contributed by atoms with Gasteiger partial charge in [0.05, 0.1) is 6.04 Å². The van der Waals surface area contributed by atoms with Crippen LogP contribution < -0.4 is 4.90 Å². The molecule has 1 nitrogen and oxygen atoms in total. The van der Waals surface area contributed by atoms with Gasteiger partial charge < -0.3 is 4.90 Å². The fourth-order valence-corrected chi connectivity index (χ4v) is 3.86. The van der Waals surface area contributed by atoms with Gasteiger partial charge in [-0.3, -0.25) is 0 Å². The lowest BCUT2D eigenvalue weighted by atomic mass is 9.96. The monoisotopic (exact) mass is 339 g/mol. The molecule has 1 aliphatic rings. The van der Waals surface area contributed by atoms with Crippen LogP contribution in [-0.2, 0) is 13.0 Å². The average Bonchev–Trinajstić information content (AvgIpc) is 2.64. The molecule has 0 saturated carbocycles. The van der Waals surface area contributed by atoms with Gasteiger partial charge in [0.2, 0.25) is 0 Å². The number of hydrogen-bond donors (Lipinski definition) is 0. The third-order valence-corrected chi connectivity index (χ3v) is 5.11. The van der Waals surface area contributed by atoms with Crippen LogP contribution in [0.15, 0.2) is 78.9 Å². The van der Waals surface area contributed by atoms with Gasteiger partial charge in [-0.2, -0.15) is 0 Å². The van der Waals surface area contributed by atoms with Crippen LogP contribution in [0.1, 0.15) is 27.8 Å². The number of hydrogen-bond acceptors (Lipinski definition) is 1. The first-order valence-electron chi connectivity index (χ1n) is 9.34. The SMILES string of the molecule is Cc1cccc(CC2C=Cc3ccccc3N2Cc2cccc(C)c2)c1. The van der Waals surface area contributed by atoms with E-state index in [4.69, 9.17) is 0 Å². The van der Waals surface area contributed by atoms with Crippen molar-refractivity contribution >= 4 is 11.8 Å². The second-order valence-corrected chi connectivity index (χ2v) is 7.30. The number of aryl methyl sites for hydroxylation is 2. The fraction of sp³-hybridized carbons (Fsp3) is 0.200. The van der Waals surface area contributed by atoms with E-state index in [0.717, 1.165) is 13.0 Å². The Morgan fingerprint density at radius 3 is 2.23 bits per heavy atom. The molecule has 0 N–H and O–H groups in total. The molecule has 1 heteroatoms. The molecule has 0 radical (unpaired) electrons. The van der Waals surface area contributed by atoms with E-state index in [-0.39, 0.29) is 0 Å². The summed E-state index contributed by atoms with van der Waals surface area (Å²) in [5.74, 6) is 0. The first-order chi connectivity index (χ1) is 12.7. The number of para-hydroxylation sites is 1. The molecular weight excluding hydrogens is 314 g/mol. The standard InChI is InChI=1S/C25H25N/c1-19-7-5-9-21(15-19)17-24-14-13-23-11-3-4-12-25(23)26(24)18-22-10-6-8-20(2)16-22/h3-16,24H,17-18H2,1-2H3. The minimum absolute atomic E-state index is 0.368. The smallest absolute Gasteiger partial charge is 0.0520 e. The van der Waals surface area contributed by atoms with Crippen LogP contribution in [0.2, 0.25) is 0 Å². The van der Waals surface area contributed by atoms with Gasteiger partial charge in [-0.25, -0.2) is 0 Å². The van der Waals surface area contributed by atoms with E-state index in [1.54, 1.807) is 0 Å². The lowest BCUT2D eigenvalue weighted by Gasteiger charge is -2.36. The van der Waals surface area contributed by atoms with Crippen molar-refractivity contribution in [3.63, 3.8) is 0 Å². The normalized spacial score (nSPS) is 15.8. The Bertz CT molecular complexity index is 938. The first kappa shape index (κ1) is 16.7. The predicted molar refractivity (Wildman–Crippen MR) is 112 cm³/mol. The molecular formula is C25H25N. The highest BCUT2D eigenvalue weighted by Gasteiger charge is 2.22. The lowest BCUT2D eigenvalue weighted by molar-refractivity contribution is 0.674. The van der Waals surface area contributed by atoms with Gasteiger partial charge in [0.1, 0.15) is 0 Å². The van der Waals surface area contributed by atoms with Gasteiger partial charge in [-0.1, -0.05) is 90.0 Å². The molecule has 0 aliphatic carbocycles. The van der Waals surface area contributed by atoms with Crippen molar-refractivity contribution in [1.82, 2.24) is 0 Å². The van der Waals surface area contributed by atoms with Gasteiger partial charge in [0.25, 0.3) is 0 Å². The summed E-state index contributed by atoms with van der Waals surface area (Å²) in [6, 6.07) is 26.8. The van der Waals surface area contributed by atoms with Gasteiger partial charge in [0, 0.05) is 12.2 Å². The highest BCUT2D eigenvalue weighted by atomic mass is 15.2. The van der Waals surface area contributed by atoms with Gasteiger partial charge in [-0.15, -0.1) is 0 Å². The van der Waals surface area contributed by atoms with Crippen molar-refractivity contribution in [3.05, 3.63) is 107 Å². The number of nitrogens with zero attached hydrogens (tertiary/aromatic N) is 1. The van der Waals surface area contributed by atoms with E-state index < -0.39 is 0 Å². The summed E-state index contributed by atoms with van der Waals surface area (Å²) in [4.78, 5) is 2.55. The molecule has 130 valence electrons. The second-order valence-electron chi connectivity index (χ2n) is 7.30. The topological polar surface area (TPSA) is 3.24 Å². The van der Waals surface area contributed by atoms with Crippen LogP contribution >= 0.6 is 0 Å². The van der Waals surface area contributed by atoms with Crippen LogP contribution in [0.25, 0.3) is 6.08 Å². The van der Waals surface area contributed by atoms with Crippen molar-refractivity contribution in [1.29, 1.82) is 0 Å². The number of fused-ring (bicyclic) bond motifs is 1. The summed E-state index contributed by atoms with van der Waals surface area (Å²) >= 11 is 0. The van der Waals surface area contributed by atoms with E-state index in [2.05, 4.69) is 104 Å². The number of anilines is 1. The van der Waals surface area contributed by atoms with Crippen molar-refractivity contribution < 1.29 is 0 Å². The summed E-state index contributed by atoms with van der Waals surface area (Å²) < 4.78 is 0. The zero-order valence-electron chi connectivity index (χ0n) is 15.5. The zero-order chi connectivity index (χ0) is 17.9. The summed E-state index contributed by atoms with van der Waals surface area (Å²) in [5, 5.41) is 0. The maximum atomic E-state index is 2.55. The molecule has 0 aromatic heterocycles. The Morgan fingerprint density at radius 2 is 1.46 bits per heavy atom.